The molecule has 0 aliphatic rings. The van der Waals surface area contributed by atoms with Gasteiger partial charge in [-0.15, -0.1) is 11.3 Å². The number of alkyl halides is 1. The van der Waals surface area contributed by atoms with Crippen LogP contribution in [0.25, 0.3) is 0 Å². The summed E-state index contributed by atoms with van der Waals surface area (Å²) < 4.78 is 1.15. The largest absolute Gasteiger partial charge is 0.263 e. The summed E-state index contributed by atoms with van der Waals surface area (Å²) in [6, 6.07) is 6.13. The van der Waals surface area contributed by atoms with Crippen LogP contribution in [0.5, 0.6) is 0 Å². The summed E-state index contributed by atoms with van der Waals surface area (Å²) in [7, 11) is 0. The van der Waals surface area contributed by atoms with Crippen LogP contribution in [0.2, 0.25) is 5.02 Å². The number of hydrogen-bond donors (Lipinski definition) is 0. The second kappa shape index (κ2) is 5.63. The minimum atomic E-state index is 0.295. The van der Waals surface area contributed by atoms with Crippen molar-refractivity contribution in [2.75, 3.05) is 0 Å². The zero-order valence-electron chi connectivity index (χ0n) is 8.16. The van der Waals surface area contributed by atoms with Crippen LogP contribution in [0.1, 0.15) is 15.3 Å². The van der Waals surface area contributed by atoms with E-state index in [1.165, 1.54) is 4.88 Å². The summed E-state index contributed by atoms with van der Waals surface area (Å²) in [4.78, 5) is 5.56. The van der Waals surface area contributed by atoms with E-state index in [-0.39, 0.29) is 0 Å². The highest BCUT2D eigenvalue weighted by atomic mass is 79.9. The van der Waals surface area contributed by atoms with Crippen LogP contribution in [0.15, 0.2) is 34.4 Å². The van der Waals surface area contributed by atoms with Crippen LogP contribution < -0.4 is 0 Å². The van der Waals surface area contributed by atoms with E-state index < -0.39 is 0 Å². The molecular formula is C11H8Br2ClNS. The number of aromatic nitrogens is 1. The number of thiophene rings is 1. The number of rotatable bonds is 3. The summed E-state index contributed by atoms with van der Waals surface area (Å²) in [6.07, 6.45) is 4.32. The highest BCUT2D eigenvalue weighted by Gasteiger charge is 2.12. The Kier molecular flexibility index (Phi) is 4.41. The van der Waals surface area contributed by atoms with Gasteiger partial charge in [0, 0.05) is 17.3 Å². The van der Waals surface area contributed by atoms with Gasteiger partial charge in [-0.2, -0.15) is 0 Å². The summed E-state index contributed by atoms with van der Waals surface area (Å²) in [6.45, 7) is 0. The monoisotopic (exact) mass is 379 g/mol. The molecule has 0 bridgehead atoms. The van der Waals surface area contributed by atoms with E-state index in [1.54, 1.807) is 23.7 Å². The number of halogens is 3. The molecule has 1 nitrogen and oxygen atoms in total. The van der Waals surface area contributed by atoms with Crippen molar-refractivity contribution in [2.24, 2.45) is 0 Å². The van der Waals surface area contributed by atoms with E-state index in [1.807, 2.05) is 6.07 Å². The van der Waals surface area contributed by atoms with Crippen LogP contribution >= 0.6 is 54.8 Å². The van der Waals surface area contributed by atoms with Crippen molar-refractivity contribution >= 4 is 54.8 Å². The molecular weight excluding hydrogens is 373 g/mol. The molecule has 2 aromatic rings. The second-order valence-corrected chi connectivity index (χ2v) is 7.29. The molecule has 0 fully saturated rings. The normalized spacial score (nSPS) is 12.7. The van der Waals surface area contributed by atoms with Gasteiger partial charge in [0.05, 0.1) is 13.6 Å². The minimum absolute atomic E-state index is 0.295. The second-order valence-electron chi connectivity index (χ2n) is 3.28. The molecule has 1 atom stereocenters. The SMILES string of the molecule is Clc1cnccc1CC(Br)c1ccc(Br)s1. The Hall–Kier alpha value is 0.1000. The van der Waals surface area contributed by atoms with E-state index in [0.29, 0.717) is 4.83 Å². The highest BCUT2D eigenvalue weighted by Crippen LogP contribution is 2.35. The quantitative estimate of drug-likeness (QED) is 0.663. The Labute approximate surface area is 120 Å². The molecule has 0 saturated carbocycles. The summed E-state index contributed by atoms with van der Waals surface area (Å²) in [5, 5.41) is 0.725. The third kappa shape index (κ3) is 3.06. The Morgan fingerprint density at radius 3 is 2.81 bits per heavy atom. The number of pyridine rings is 1. The van der Waals surface area contributed by atoms with Gasteiger partial charge in [0.2, 0.25) is 0 Å². The van der Waals surface area contributed by atoms with Crippen LogP contribution in [0, 0.1) is 0 Å². The first kappa shape index (κ1) is 12.6. The third-order valence-electron chi connectivity index (χ3n) is 2.16. The highest BCUT2D eigenvalue weighted by molar-refractivity contribution is 9.11. The Morgan fingerprint density at radius 1 is 1.38 bits per heavy atom. The molecule has 0 radical (unpaired) electrons. The first-order valence-electron chi connectivity index (χ1n) is 4.64. The lowest BCUT2D eigenvalue weighted by molar-refractivity contribution is 0.964. The Bertz CT molecular complexity index is 486. The fraction of sp³-hybridized carbons (Fsp3) is 0.182. The molecule has 1 unspecified atom stereocenters. The van der Waals surface area contributed by atoms with Crippen LogP contribution in [-0.2, 0) is 6.42 Å². The maximum atomic E-state index is 6.07. The molecule has 5 heteroatoms. The topological polar surface area (TPSA) is 12.9 Å². The van der Waals surface area contributed by atoms with Crippen molar-refractivity contribution in [1.29, 1.82) is 0 Å². The number of hydrogen-bond acceptors (Lipinski definition) is 2. The maximum Gasteiger partial charge on any atom is 0.0701 e. The van der Waals surface area contributed by atoms with E-state index in [9.17, 15) is 0 Å². The lowest BCUT2D eigenvalue weighted by atomic mass is 10.1. The molecule has 2 aromatic heterocycles. The van der Waals surface area contributed by atoms with Gasteiger partial charge in [0.25, 0.3) is 0 Å². The summed E-state index contributed by atoms with van der Waals surface area (Å²) in [5.41, 5.74) is 1.11. The van der Waals surface area contributed by atoms with Crippen LogP contribution in [-0.4, -0.2) is 4.98 Å². The summed E-state index contributed by atoms with van der Waals surface area (Å²) >= 11 is 14.9. The van der Waals surface area contributed by atoms with Crippen molar-refractivity contribution < 1.29 is 0 Å². The third-order valence-corrected chi connectivity index (χ3v) is 5.36. The lowest BCUT2D eigenvalue weighted by Crippen LogP contribution is -1.94. The molecule has 84 valence electrons. The molecule has 0 N–H and O–H groups in total. The maximum absolute atomic E-state index is 6.07. The van der Waals surface area contributed by atoms with Crippen LogP contribution in [0.4, 0.5) is 0 Å². The lowest BCUT2D eigenvalue weighted by Gasteiger charge is -2.08. The van der Waals surface area contributed by atoms with Gasteiger partial charge in [-0.25, -0.2) is 0 Å². The van der Waals surface area contributed by atoms with Gasteiger partial charge in [-0.3, -0.25) is 4.98 Å². The molecule has 0 aliphatic carbocycles. The van der Waals surface area contributed by atoms with Crippen molar-refractivity contribution in [3.8, 4) is 0 Å². The molecule has 2 heterocycles. The Morgan fingerprint density at radius 2 is 2.19 bits per heavy atom. The molecule has 16 heavy (non-hydrogen) atoms. The Balaban J connectivity index is 2.13. The fourth-order valence-electron chi connectivity index (χ4n) is 1.36. The zero-order valence-corrected chi connectivity index (χ0v) is 12.9. The fourth-order valence-corrected chi connectivity index (χ4v) is 3.74. The standard InChI is InChI=1S/C11H8Br2ClNS/c12-8(10-1-2-11(13)16-10)5-7-3-4-15-6-9(7)14/h1-4,6,8H,5H2. The average molecular weight is 382 g/mol. The first-order chi connectivity index (χ1) is 7.66. The predicted molar refractivity (Wildman–Crippen MR) is 76.6 cm³/mol. The van der Waals surface area contributed by atoms with Gasteiger partial charge in [-0.1, -0.05) is 27.5 Å². The van der Waals surface area contributed by atoms with Gasteiger partial charge >= 0.3 is 0 Å². The van der Waals surface area contributed by atoms with E-state index in [0.717, 1.165) is 20.8 Å². The van der Waals surface area contributed by atoms with Gasteiger partial charge in [-0.05, 0) is 46.1 Å². The zero-order chi connectivity index (χ0) is 11.5. The average Bonchev–Trinajstić information content (AvgIpc) is 2.68. The van der Waals surface area contributed by atoms with Crippen molar-refractivity contribution in [3.63, 3.8) is 0 Å². The van der Waals surface area contributed by atoms with Crippen molar-refractivity contribution in [1.82, 2.24) is 4.98 Å². The minimum Gasteiger partial charge on any atom is -0.263 e. The molecule has 0 saturated heterocycles. The van der Waals surface area contributed by atoms with Gasteiger partial charge in [0.1, 0.15) is 0 Å². The van der Waals surface area contributed by atoms with Crippen molar-refractivity contribution in [2.45, 2.75) is 11.2 Å². The predicted octanol–water partition coefficient (Wildman–Crippen LogP) is 5.24. The van der Waals surface area contributed by atoms with E-state index >= 15 is 0 Å². The van der Waals surface area contributed by atoms with Gasteiger partial charge in [0.15, 0.2) is 0 Å². The first-order valence-corrected chi connectivity index (χ1v) is 7.55. The summed E-state index contributed by atoms with van der Waals surface area (Å²) in [5.74, 6) is 0. The molecule has 2 rings (SSSR count). The van der Waals surface area contributed by atoms with Crippen LogP contribution in [0.3, 0.4) is 0 Å². The van der Waals surface area contributed by atoms with Gasteiger partial charge < -0.3 is 0 Å². The van der Waals surface area contributed by atoms with E-state index in [4.69, 9.17) is 11.6 Å². The van der Waals surface area contributed by atoms with E-state index in [2.05, 4.69) is 49.0 Å². The molecule has 0 spiro atoms. The molecule has 0 amide bonds. The number of nitrogens with zero attached hydrogens (tertiary/aromatic N) is 1. The smallest absolute Gasteiger partial charge is 0.0701 e. The molecule has 0 aromatic carbocycles. The molecule has 0 aliphatic heterocycles. The van der Waals surface area contributed by atoms with Crippen molar-refractivity contribution in [3.05, 3.63) is 49.8 Å².